The molecular formula is C21H21N3O2. The second-order valence-corrected chi connectivity index (χ2v) is 7.05. The maximum atomic E-state index is 12.6. The third-order valence-electron chi connectivity index (χ3n) is 4.87. The molecule has 1 aliphatic carbocycles. The van der Waals surface area contributed by atoms with E-state index in [1.54, 1.807) is 6.07 Å². The van der Waals surface area contributed by atoms with Crippen molar-refractivity contribution in [1.82, 2.24) is 15.0 Å². The van der Waals surface area contributed by atoms with Gasteiger partial charge in [0.2, 0.25) is 0 Å². The molecule has 5 nitrogen and oxygen atoms in total. The minimum absolute atomic E-state index is 0.101. The lowest BCUT2D eigenvalue weighted by Crippen LogP contribution is -2.45. The first-order valence-corrected chi connectivity index (χ1v) is 8.79. The van der Waals surface area contributed by atoms with Crippen LogP contribution in [0.1, 0.15) is 39.1 Å². The number of aryl methyl sites for hydroxylation is 1. The third kappa shape index (κ3) is 3.33. The van der Waals surface area contributed by atoms with Gasteiger partial charge >= 0.3 is 0 Å². The molecule has 3 aromatic rings. The van der Waals surface area contributed by atoms with Crippen molar-refractivity contribution < 1.29 is 9.59 Å². The summed E-state index contributed by atoms with van der Waals surface area (Å²) in [5.41, 5.74) is 2.98. The van der Waals surface area contributed by atoms with Gasteiger partial charge in [-0.3, -0.25) is 9.59 Å². The van der Waals surface area contributed by atoms with E-state index >= 15 is 0 Å². The summed E-state index contributed by atoms with van der Waals surface area (Å²) in [6, 6.07) is 15.2. The Bertz CT molecular complexity index is 953. The first-order valence-electron chi connectivity index (χ1n) is 8.79. The molecule has 0 aliphatic heterocycles. The Hall–Kier alpha value is -3.08. The van der Waals surface area contributed by atoms with Gasteiger partial charge in [-0.05, 0) is 50.1 Å². The summed E-state index contributed by atoms with van der Waals surface area (Å²) in [6.07, 6.45) is 5.49. The van der Waals surface area contributed by atoms with Crippen molar-refractivity contribution >= 4 is 17.3 Å². The number of hydrogen-bond acceptors (Lipinski definition) is 2. The Kier molecular flexibility index (Phi) is 3.99. The molecule has 0 radical (unpaired) electrons. The third-order valence-corrected chi connectivity index (χ3v) is 4.87. The number of nitrogens with zero attached hydrogens (tertiary/aromatic N) is 1. The predicted octanol–water partition coefficient (Wildman–Crippen LogP) is 2.94. The number of aromatic nitrogens is 1. The number of hydrogen-bond donors (Lipinski definition) is 2. The van der Waals surface area contributed by atoms with Gasteiger partial charge in [0.1, 0.15) is 0 Å². The molecule has 1 saturated carbocycles. The SMILES string of the molecule is Cc1cccc(C(=O)NCC2(NC(=O)c3cc4ccccn4c3)CC2)c1. The van der Waals surface area contributed by atoms with E-state index in [1.165, 1.54) is 0 Å². The van der Waals surface area contributed by atoms with Crippen LogP contribution in [0, 0.1) is 6.92 Å². The average molecular weight is 347 g/mol. The summed E-state index contributed by atoms with van der Waals surface area (Å²) in [7, 11) is 0. The highest BCUT2D eigenvalue weighted by molar-refractivity contribution is 5.97. The van der Waals surface area contributed by atoms with E-state index in [2.05, 4.69) is 10.6 Å². The Balaban J connectivity index is 1.39. The maximum absolute atomic E-state index is 12.6. The van der Waals surface area contributed by atoms with Gasteiger partial charge in [0.25, 0.3) is 11.8 Å². The number of fused-ring (bicyclic) bond motifs is 1. The molecule has 4 rings (SSSR count). The number of nitrogens with one attached hydrogen (secondary N) is 2. The van der Waals surface area contributed by atoms with E-state index in [-0.39, 0.29) is 17.4 Å². The molecule has 0 bridgehead atoms. The number of pyridine rings is 1. The van der Waals surface area contributed by atoms with Gasteiger partial charge in [0.15, 0.2) is 0 Å². The summed E-state index contributed by atoms with van der Waals surface area (Å²) < 4.78 is 1.92. The van der Waals surface area contributed by atoms with Crippen LogP contribution in [0.2, 0.25) is 0 Å². The zero-order valence-electron chi connectivity index (χ0n) is 14.7. The lowest BCUT2D eigenvalue weighted by Gasteiger charge is -2.18. The van der Waals surface area contributed by atoms with E-state index in [1.807, 2.05) is 66.2 Å². The highest BCUT2D eigenvalue weighted by atomic mass is 16.2. The number of carbonyl (C=O) groups excluding carboxylic acids is 2. The minimum Gasteiger partial charge on any atom is -0.350 e. The van der Waals surface area contributed by atoms with Gasteiger partial charge in [-0.15, -0.1) is 0 Å². The quantitative estimate of drug-likeness (QED) is 0.745. The summed E-state index contributed by atoms with van der Waals surface area (Å²) in [6.45, 7) is 2.40. The molecule has 0 saturated heterocycles. The molecule has 0 unspecified atom stereocenters. The fourth-order valence-electron chi connectivity index (χ4n) is 3.13. The van der Waals surface area contributed by atoms with Crippen LogP contribution in [0.5, 0.6) is 0 Å². The van der Waals surface area contributed by atoms with Crippen molar-refractivity contribution in [1.29, 1.82) is 0 Å². The van der Waals surface area contributed by atoms with E-state index in [0.717, 1.165) is 23.9 Å². The largest absolute Gasteiger partial charge is 0.350 e. The number of benzene rings is 1. The molecule has 26 heavy (non-hydrogen) atoms. The molecule has 1 aromatic carbocycles. The molecular weight excluding hydrogens is 326 g/mol. The molecule has 1 fully saturated rings. The van der Waals surface area contributed by atoms with Crippen LogP contribution >= 0.6 is 0 Å². The predicted molar refractivity (Wildman–Crippen MR) is 100 cm³/mol. The van der Waals surface area contributed by atoms with Gasteiger partial charge in [-0.25, -0.2) is 0 Å². The lowest BCUT2D eigenvalue weighted by molar-refractivity contribution is 0.0902. The molecule has 5 heteroatoms. The number of rotatable bonds is 5. The fourth-order valence-corrected chi connectivity index (χ4v) is 3.13. The van der Waals surface area contributed by atoms with Crippen LogP contribution in [-0.4, -0.2) is 28.3 Å². The van der Waals surface area contributed by atoms with E-state index in [9.17, 15) is 9.59 Å². The summed E-state index contributed by atoms with van der Waals surface area (Å²) in [4.78, 5) is 24.9. The second-order valence-electron chi connectivity index (χ2n) is 7.05. The lowest BCUT2D eigenvalue weighted by atomic mass is 10.1. The smallest absolute Gasteiger partial charge is 0.253 e. The van der Waals surface area contributed by atoms with Gasteiger partial charge in [-0.1, -0.05) is 23.8 Å². The number of amides is 2. The topological polar surface area (TPSA) is 62.6 Å². The van der Waals surface area contributed by atoms with E-state index in [0.29, 0.717) is 17.7 Å². The van der Waals surface area contributed by atoms with Gasteiger partial charge in [0, 0.05) is 30.0 Å². The zero-order valence-corrected chi connectivity index (χ0v) is 14.7. The minimum atomic E-state index is -0.329. The van der Waals surface area contributed by atoms with Crippen molar-refractivity contribution in [2.24, 2.45) is 0 Å². The van der Waals surface area contributed by atoms with Gasteiger partial charge in [-0.2, -0.15) is 0 Å². The van der Waals surface area contributed by atoms with Crippen molar-refractivity contribution in [2.75, 3.05) is 6.54 Å². The molecule has 2 amide bonds. The number of carbonyl (C=O) groups is 2. The Morgan fingerprint density at radius 2 is 1.88 bits per heavy atom. The molecule has 2 aromatic heterocycles. The normalized spacial score (nSPS) is 14.8. The molecule has 1 aliphatic rings. The monoisotopic (exact) mass is 347 g/mol. The van der Waals surface area contributed by atoms with Gasteiger partial charge < -0.3 is 15.0 Å². The van der Waals surface area contributed by atoms with Crippen molar-refractivity contribution in [3.63, 3.8) is 0 Å². The first-order chi connectivity index (χ1) is 12.5. The molecule has 2 heterocycles. The van der Waals surface area contributed by atoms with Crippen molar-refractivity contribution in [3.8, 4) is 0 Å². The molecule has 2 N–H and O–H groups in total. The van der Waals surface area contributed by atoms with Crippen LogP contribution in [0.15, 0.2) is 60.9 Å². The second kappa shape index (κ2) is 6.33. The first kappa shape index (κ1) is 16.4. The molecule has 0 atom stereocenters. The van der Waals surface area contributed by atoms with Crippen LogP contribution < -0.4 is 10.6 Å². The van der Waals surface area contributed by atoms with Crippen molar-refractivity contribution in [3.05, 3.63) is 77.6 Å². The molecule has 0 spiro atoms. The zero-order chi connectivity index (χ0) is 18.1. The fraction of sp³-hybridized carbons (Fsp3) is 0.238. The van der Waals surface area contributed by atoms with Crippen molar-refractivity contribution in [2.45, 2.75) is 25.3 Å². The summed E-state index contributed by atoms with van der Waals surface area (Å²) in [5, 5.41) is 6.05. The molecule has 132 valence electrons. The Morgan fingerprint density at radius 3 is 2.62 bits per heavy atom. The van der Waals surface area contributed by atoms with E-state index in [4.69, 9.17) is 0 Å². The Morgan fingerprint density at radius 1 is 1.04 bits per heavy atom. The van der Waals surface area contributed by atoms with Crippen LogP contribution in [-0.2, 0) is 0 Å². The van der Waals surface area contributed by atoms with Crippen LogP contribution in [0.4, 0.5) is 0 Å². The highest BCUT2D eigenvalue weighted by Crippen LogP contribution is 2.35. The highest BCUT2D eigenvalue weighted by Gasteiger charge is 2.44. The van der Waals surface area contributed by atoms with Gasteiger partial charge in [0.05, 0.1) is 11.1 Å². The maximum Gasteiger partial charge on any atom is 0.253 e. The van der Waals surface area contributed by atoms with Crippen LogP contribution in [0.3, 0.4) is 0 Å². The summed E-state index contributed by atoms with van der Waals surface area (Å²) in [5.74, 6) is -0.208. The van der Waals surface area contributed by atoms with Crippen LogP contribution in [0.25, 0.3) is 5.52 Å². The standard InChI is InChI=1S/C21H21N3O2/c1-15-5-4-6-16(11-15)19(25)22-14-21(8-9-21)23-20(26)17-12-18-7-2-3-10-24(18)13-17/h2-7,10-13H,8-9,14H2,1H3,(H,22,25)(H,23,26). The summed E-state index contributed by atoms with van der Waals surface area (Å²) >= 11 is 0. The Labute approximate surface area is 152 Å². The van der Waals surface area contributed by atoms with E-state index < -0.39 is 0 Å². The average Bonchev–Trinajstić information content (AvgIpc) is 3.26.